The monoisotopic (exact) mass is 277 g/mol. The van der Waals surface area contributed by atoms with Crippen LogP contribution in [0.2, 0.25) is 0 Å². The molecule has 4 nitrogen and oxygen atoms in total. The quantitative estimate of drug-likeness (QED) is 0.828. The third-order valence-electron chi connectivity index (χ3n) is 3.87. The standard InChI is InChI=1S/C16H23NO3/c1-10-6-12(9-16(2,3)8-10)20-14-5-4-11(17)7-13(14)15(18)19/h4-5,7,10,12H,6,8-9,17H2,1-3H3,(H,18,19). The van der Waals surface area contributed by atoms with E-state index in [2.05, 4.69) is 20.8 Å². The molecule has 0 saturated heterocycles. The van der Waals surface area contributed by atoms with Crippen molar-refractivity contribution in [1.29, 1.82) is 0 Å². The zero-order valence-corrected chi connectivity index (χ0v) is 12.3. The van der Waals surface area contributed by atoms with Gasteiger partial charge < -0.3 is 15.6 Å². The largest absolute Gasteiger partial charge is 0.489 e. The maximum Gasteiger partial charge on any atom is 0.339 e. The van der Waals surface area contributed by atoms with Gasteiger partial charge in [0, 0.05) is 5.69 Å². The maximum atomic E-state index is 11.3. The molecule has 1 aromatic carbocycles. The number of nitrogen functional groups attached to an aromatic ring is 1. The minimum atomic E-state index is -1.00. The number of ether oxygens (including phenoxy) is 1. The van der Waals surface area contributed by atoms with Gasteiger partial charge in [0.2, 0.25) is 0 Å². The molecule has 0 heterocycles. The Bertz CT molecular complexity index is 510. The molecule has 20 heavy (non-hydrogen) atoms. The van der Waals surface area contributed by atoms with Crippen LogP contribution in [0.25, 0.3) is 0 Å². The topological polar surface area (TPSA) is 72.5 Å². The Morgan fingerprint density at radius 2 is 2.10 bits per heavy atom. The van der Waals surface area contributed by atoms with Gasteiger partial charge in [-0.25, -0.2) is 4.79 Å². The lowest BCUT2D eigenvalue weighted by Crippen LogP contribution is -2.34. The summed E-state index contributed by atoms with van der Waals surface area (Å²) in [6.07, 6.45) is 3.16. The lowest BCUT2D eigenvalue weighted by atomic mass is 9.71. The van der Waals surface area contributed by atoms with Crippen molar-refractivity contribution in [3.8, 4) is 5.75 Å². The third-order valence-corrected chi connectivity index (χ3v) is 3.87. The normalized spacial score (nSPS) is 25.1. The van der Waals surface area contributed by atoms with Gasteiger partial charge >= 0.3 is 5.97 Å². The van der Waals surface area contributed by atoms with E-state index in [9.17, 15) is 9.90 Å². The Hall–Kier alpha value is -1.71. The zero-order chi connectivity index (χ0) is 14.9. The van der Waals surface area contributed by atoms with Gasteiger partial charge in [0.25, 0.3) is 0 Å². The van der Waals surface area contributed by atoms with Crippen LogP contribution in [0.5, 0.6) is 5.75 Å². The van der Waals surface area contributed by atoms with E-state index >= 15 is 0 Å². The molecule has 0 aromatic heterocycles. The van der Waals surface area contributed by atoms with E-state index in [4.69, 9.17) is 10.5 Å². The summed E-state index contributed by atoms with van der Waals surface area (Å²) in [6, 6.07) is 4.79. The Kier molecular flexibility index (Phi) is 3.93. The maximum absolute atomic E-state index is 11.3. The molecule has 1 fully saturated rings. The molecule has 3 N–H and O–H groups in total. The number of carbonyl (C=O) groups is 1. The highest BCUT2D eigenvalue weighted by molar-refractivity contribution is 5.92. The molecule has 0 amide bonds. The molecule has 1 saturated carbocycles. The molecule has 4 heteroatoms. The van der Waals surface area contributed by atoms with Crippen molar-refractivity contribution >= 4 is 11.7 Å². The summed E-state index contributed by atoms with van der Waals surface area (Å²) in [5.74, 6) is 0.00262. The van der Waals surface area contributed by atoms with Crippen molar-refractivity contribution < 1.29 is 14.6 Å². The summed E-state index contributed by atoms with van der Waals surface area (Å²) >= 11 is 0. The van der Waals surface area contributed by atoms with Gasteiger partial charge in [-0.05, 0) is 48.8 Å². The predicted molar refractivity (Wildman–Crippen MR) is 79.0 cm³/mol. The molecule has 0 bridgehead atoms. The number of hydrogen-bond donors (Lipinski definition) is 2. The van der Waals surface area contributed by atoms with Crippen LogP contribution in [-0.4, -0.2) is 17.2 Å². The van der Waals surface area contributed by atoms with Gasteiger partial charge in [0.1, 0.15) is 11.3 Å². The summed E-state index contributed by atoms with van der Waals surface area (Å²) in [5, 5.41) is 9.24. The highest BCUT2D eigenvalue weighted by Crippen LogP contribution is 2.40. The summed E-state index contributed by atoms with van der Waals surface area (Å²) < 4.78 is 5.97. The highest BCUT2D eigenvalue weighted by Gasteiger charge is 2.33. The highest BCUT2D eigenvalue weighted by atomic mass is 16.5. The lowest BCUT2D eigenvalue weighted by Gasteiger charge is -2.39. The second-order valence-electron chi connectivity index (χ2n) is 6.71. The number of anilines is 1. The zero-order valence-electron chi connectivity index (χ0n) is 12.3. The van der Waals surface area contributed by atoms with Gasteiger partial charge in [0.05, 0.1) is 6.10 Å². The van der Waals surface area contributed by atoms with Gasteiger partial charge in [-0.15, -0.1) is 0 Å². The van der Waals surface area contributed by atoms with E-state index in [1.807, 2.05) is 0 Å². The van der Waals surface area contributed by atoms with Crippen molar-refractivity contribution in [2.45, 2.75) is 46.1 Å². The summed E-state index contributed by atoms with van der Waals surface area (Å²) in [6.45, 7) is 6.69. The third kappa shape index (κ3) is 3.44. The van der Waals surface area contributed by atoms with Crippen LogP contribution in [0.3, 0.4) is 0 Å². The van der Waals surface area contributed by atoms with Crippen molar-refractivity contribution in [1.82, 2.24) is 0 Å². The van der Waals surface area contributed by atoms with Crippen LogP contribution < -0.4 is 10.5 Å². The molecule has 2 atom stereocenters. The van der Waals surface area contributed by atoms with Gasteiger partial charge in [-0.2, -0.15) is 0 Å². The van der Waals surface area contributed by atoms with Crippen LogP contribution in [0.4, 0.5) is 5.69 Å². The Morgan fingerprint density at radius 3 is 2.70 bits per heavy atom. The number of carboxylic acid groups (broad SMARTS) is 1. The van der Waals surface area contributed by atoms with Crippen LogP contribution >= 0.6 is 0 Å². The van der Waals surface area contributed by atoms with Gasteiger partial charge in [0.15, 0.2) is 0 Å². The number of benzene rings is 1. The van der Waals surface area contributed by atoms with Crippen LogP contribution in [0.1, 0.15) is 50.4 Å². The fourth-order valence-corrected chi connectivity index (χ4v) is 3.35. The molecule has 2 rings (SSSR count). The average molecular weight is 277 g/mol. The first-order chi connectivity index (χ1) is 9.27. The number of rotatable bonds is 3. The van der Waals surface area contributed by atoms with E-state index in [0.29, 0.717) is 17.4 Å². The van der Waals surface area contributed by atoms with Crippen molar-refractivity contribution in [3.63, 3.8) is 0 Å². The number of hydrogen-bond acceptors (Lipinski definition) is 3. The van der Waals surface area contributed by atoms with E-state index in [1.54, 1.807) is 12.1 Å². The van der Waals surface area contributed by atoms with E-state index < -0.39 is 5.97 Å². The first-order valence-corrected chi connectivity index (χ1v) is 7.06. The lowest BCUT2D eigenvalue weighted by molar-refractivity contribution is 0.0532. The van der Waals surface area contributed by atoms with E-state index in [0.717, 1.165) is 12.8 Å². The van der Waals surface area contributed by atoms with Crippen LogP contribution in [0, 0.1) is 11.3 Å². The second kappa shape index (κ2) is 5.35. The number of carboxylic acids is 1. The minimum absolute atomic E-state index is 0.0653. The number of aromatic carboxylic acids is 1. The predicted octanol–water partition coefficient (Wildman–Crippen LogP) is 3.56. The van der Waals surface area contributed by atoms with Crippen LogP contribution in [-0.2, 0) is 0 Å². The van der Waals surface area contributed by atoms with E-state index in [-0.39, 0.29) is 17.1 Å². The molecular formula is C16H23NO3. The first-order valence-electron chi connectivity index (χ1n) is 7.06. The molecule has 0 aliphatic heterocycles. The second-order valence-corrected chi connectivity index (χ2v) is 6.71. The average Bonchev–Trinajstić information content (AvgIpc) is 2.28. The van der Waals surface area contributed by atoms with E-state index in [1.165, 1.54) is 12.5 Å². The Morgan fingerprint density at radius 1 is 1.40 bits per heavy atom. The molecule has 2 unspecified atom stereocenters. The molecule has 1 aliphatic rings. The van der Waals surface area contributed by atoms with Crippen molar-refractivity contribution in [2.24, 2.45) is 11.3 Å². The summed E-state index contributed by atoms with van der Waals surface area (Å²) in [7, 11) is 0. The van der Waals surface area contributed by atoms with Crippen molar-refractivity contribution in [2.75, 3.05) is 5.73 Å². The van der Waals surface area contributed by atoms with Gasteiger partial charge in [-0.1, -0.05) is 20.8 Å². The first kappa shape index (κ1) is 14.7. The Labute approximate surface area is 119 Å². The smallest absolute Gasteiger partial charge is 0.339 e. The number of nitrogens with two attached hydrogens (primary N) is 1. The fourth-order valence-electron chi connectivity index (χ4n) is 3.35. The van der Waals surface area contributed by atoms with Gasteiger partial charge in [-0.3, -0.25) is 0 Å². The molecule has 0 radical (unpaired) electrons. The fraction of sp³-hybridized carbons (Fsp3) is 0.562. The summed E-state index contributed by atoms with van der Waals surface area (Å²) in [5.41, 5.74) is 6.46. The van der Waals surface area contributed by atoms with Crippen LogP contribution in [0.15, 0.2) is 18.2 Å². The SMILES string of the molecule is CC1CC(Oc2ccc(N)cc2C(=O)O)CC(C)(C)C1. The molecule has 1 aromatic rings. The molecule has 0 spiro atoms. The summed E-state index contributed by atoms with van der Waals surface area (Å²) in [4.78, 5) is 11.3. The molecule has 1 aliphatic carbocycles. The van der Waals surface area contributed by atoms with Crippen molar-refractivity contribution in [3.05, 3.63) is 23.8 Å². The Balaban J connectivity index is 2.19. The molecular weight excluding hydrogens is 254 g/mol. The minimum Gasteiger partial charge on any atom is -0.489 e. The molecule has 110 valence electrons.